The van der Waals surface area contributed by atoms with Gasteiger partial charge < -0.3 is 15.4 Å². The smallest absolute Gasteiger partial charge is 0.234 e. The number of nitrogens with zero attached hydrogens (tertiary/aromatic N) is 1. The highest BCUT2D eigenvalue weighted by Crippen LogP contribution is 2.29. The highest BCUT2D eigenvalue weighted by molar-refractivity contribution is 5.78. The normalized spacial score (nSPS) is 17.7. The molecular formula is C21H27N3O2. The highest BCUT2D eigenvalue weighted by atomic mass is 16.5. The number of para-hydroxylation sites is 1. The third-order valence-electron chi connectivity index (χ3n) is 4.94. The lowest BCUT2D eigenvalue weighted by Gasteiger charge is -2.36. The quantitative estimate of drug-likeness (QED) is 0.837. The van der Waals surface area contributed by atoms with Crippen LogP contribution in [0.4, 0.5) is 0 Å². The van der Waals surface area contributed by atoms with Crippen LogP contribution in [-0.2, 0) is 11.3 Å². The fourth-order valence-electron chi connectivity index (χ4n) is 3.43. The van der Waals surface area contributed by atoms with Gasteiger partial charge in [0.05, 0.1) is 19.7 Å². The molecule has 0 saturated carbocycles. The van der Waals surface area contributed by atoms with Crippen molar-refractivity contribution in [2.75, 3.05) is 33.3 Å². The zero-order valence-corrected chi connectivity index (χ0v) is 15.5. The van der Waals surface area contributed by atoms with E-state index in [0.29, 0.717) is 13.1 Å². The van der Waals surface area contributed by atoms with E-state index in [0.717, 1.165) is 36.5 Å². The fourth-order valence-corrected chi connectivity index (χ4v) is 3.43. The number of carbonyl (C=O) groups excluding carboxylic acids is 1. The molecule has 1 atom stereocenters. The van der Waals surface area contributed by atoms with Crippen molar-refractivity contribution in [2.45, 2.75) is 19.5 Å². The lowest BCUT2D eigenvalue weighted by Crippen LogP contribution is -2.49. The average molecular weight is 353 g/mol. The molecule has 0 bridgehead atoms. The standard InChI is InChI=1S/C21H27N3O2/c1-16-7-3-4-8-17(16)13-23-21(25)15-24-12-11-22-14-19(24)18-9-5-6-10-20(18)26-2/h3-10,19,22H,11-15H2,1-2H3,(H,23,25). The van der Waals surface area contributed by atoms with Gasteiger partial charge in [-0.3, -0.25) is 9.69 Å². The number of ether oxygens (including phenoxy) is 1. The van der Waals surface area contributed by atoms with Gasteiger partial charge in [0.25, 0.3) is 0 Å². The molecule has 3 rings (SSSR count). The van der Waals surface area contributed by atoms with Crippen molar-refractivity contribution in [3.8, 4) is 5.75 Å². The van der Waals surface area contributed by atoms with Gasteiger partial charge in [-0.2, -0.15) is 0 Å². The average Bonchev–Trinajstić information content (AvgIpc) is 2.68. The topological polar surface area (TPSA) is 53.6 Å². The number of benzene rings is 2. The first-order chi connectivity index (χ1) is 12.7. The molecule has 1 saturated heterocycles. The van der Waals surface area contributed by atoms with E-state index < -0.39 is 0 Å². The van der Waals surface area contributed by atoms with Crippen LogP contribution in [0.5, 0.6) is 5.75 Å². The predicted molar refractivity (Wildman–Crippen MR) is 103 cm³/mol. The molecule has 5 heteroatoms. The summed E-state index contributed by atoms with van der Waals surface area (Å²) in [5.41, 5.74) is 3.47. The van der Waals surface area contributed by atoms with Crippen molar-refractivity contribution < 1.29 is 9.53 Å². The maximum Gasteiger partial charge on any atom is 0.234 e. The largest absolute Gasteiger partial charge is 0.496 e. The summed E-state index contributed by atoms with van der Waals surface area (Å²) in [6.45, 7) is 5.55. The first-order valence-corrected chi connectivity index (χ1v) is 9.08. The predicted octanol–water partition coefficient (Wildman–Crippen LogP) is 2.27. The van der Waals surface area contributed by atoms with Crippen LogP contribution in [0.15, 0.2) is 48.5 Å². The lowest BCUT2D eigenvalue weighted by atomic mass is 10.0. The van der Waals surface area contributed by atoms with Gasteiger partial charge in [0.2, 0.25) is 5.91 Å². The van der Waals surface area contributed by atoms with Gasteiger partial charge in [-0.15, -0.1) is 0 Å². The molecule has 0 aliphatic carbocycles. The minimum atomic E-state index is 0.0510. The van der Waals surface area contributed by atoms with Crippen LogP contribution in [0.3, 0.4) is 0 Å². The number of aryl methyl sites for hydroxylation is 1. The van der Waals surface area contributed by atoms with E-state index in [-0.39, 0.29) is 11.9 Å². The molecule has 1 heterocycles. The van der Waals surface area contributed by atoms with E-state index in [1.165, 1.54) is 5.56 Å². The van der Waals surface area contributed by atoms with E-state index in [2.05, 4.69) is 40.7 Å². The Kier molecular flexibility index (Phi) is 6.26. The molecule has 1 fully saturated rings. The second kappa shape index (κ2) is 8.83. The maximum absolute atomic E-state index is 12.5. The van der Waals surface area contributed by atoms with Crippen molar-refractivity contribution in [2.24, 2.45) is 0 Å². The van der Waals surface area contributed by atoms with E-state index in [1.54, 1.807) is 7.11 Å². The molecule has 0 spiro atoms. The van der Waals surface area contributed by atoms with Crippen LogP contribution >= 0.6 is 0 Å². The number of hydrogen-bond donors (Lipinski definition) is 2. The molecule has 1 aliphatic heterocycles. The molecular weight excluding hydrogens is 326 g/mol. The number of piperazine rings is 1. The molecule has 1 amide bonds. The summed E-state index contributed by atoms with van der Waals surface area (Å²) in [5.74, 6) is 0.918. The van der Waals surface area contributed by atoms with Gasteiger partial charge >= 0.3 is 0 Å². The molecule has 2 aromatic rings. The van der Waals surface area contributed by atoms with Crippen LogP contribution in [0.25, 0.3) is 0 Å². The van der Waals surface area contributed by atoms with Crippen molar-refractivity contribution in [1.29, 1.82) is 0 Å². The number of rotatable bonds is 6. The summed E-state index contributed by atoms with van der Waals surface area (Å²) < 4.78 is 5.52. The Morgan fingerprint density at radius 3 is 2.81 bits per heavy atom. The number of hydrogen-bond acceptors (Lipinski definition) is 4. The molecule has 1 unspecified atom stereocenters. The molecule has 2 aromatic carbocycles. The molecule has 26 heavy (non-hydrogen) atoms. The van der Waals surface area contributed by atoms with E-state index in [1.807, 2.05) is 30.3 Å². The van der Waals surface area contributed by atoms with Gasteiger partial charge in [-0.25, -0.2) is 0 Å². The summed E-state index contributed by atoms with van der Waals surface area (Å²) in [7, 11) is 1.69. The third-order valence-corrected chi connectivity index (χ3v) is 4.94. The van der Waals surface area contributed by atoms with E-state index in [4.69, 9.17) is 4.74 Å². The summed E-state index contributed by atoms with van der Waals surface area (Å²) in [6.07, 6.45) is 0. The second-order valence-corrected chi connectivity index (χ2v) is 6.64. The van der Waals surface area contributed by atoms with Gasteiger partial charge in [0.1, 0.15) is 5.75 Å². The lowest BCUT2D eigenvalue weighted by molar-refractivity contribution is -0.123. The number of nitrogens with one attached hydrogen (secondary N) is 2. The monoisotopic (exact) mass is 353 g/mol. The van der Waals surface area contributed by atoms with Crippen LogP contribution in [-0.4, -0.2) is 44.1 Å². The molecule has 1 aliphatic rings. The summed E-state index contributed by atoms with van der Waals surface area (Å²) >= 11 is 0. The van der Waals surface area contributed by atoms with Crippen LogP contribution in [0.2, 0.25) is 0 Å². The minimum Gasteiger partial charge on any atom is -0.496 e. The SMILES string of the molecule is COc1ccccc1C1CNCCN1CC(=O)NCc1ccccc1C. The van der Waals surface area contributed by atoms with Crippen molar-refractivity contribution in [1.82, 2.24) is 15.5 Å². The Labute approximate surface area is 155 Å². The summed E-state index contributed by atoms with van der Waals surface area (Å²) in [5, 5.41) is 6.48. The van der Waals surface area contributed by atoms with Gasteiger partial charge in [0, 0.05) is 31.7 Å². The Bertz CT molecular complexity index is 748. The number of methoxy groups -OCH3 is 1. The number of amides is 1. The van der Waals surface area contributed by atoms with E-state index >= 15 is 0 Å². The van der Waals surface area contributed by atoms with Crippen LogP contribution < -0.4 is 15.4 Å². The highest BCUT2D eigenvalue weighted by Gasteiger charge is 2.27. The fraction of sp³-hybridized carbons (Fsp3) is 0.381. The van der Waals surface area contributed by atoms with Crippen molar-refractivity contribution >= 4 is 5.91 Å². The van der Waals surface area contributed by atoms with Crippen LogP contribution in [0.1, 0.15) is 22.7 Å². The van der Waals surface area contributed by atoms with Crippen molar-refractivity contribution in [3.63, 3.8) is 0 Å². The first-order valence-electron chi connectivity index (χ1n) is 9.08. The van der Waals surface area contributed by atoms with Crippen LogP contribution in [0, 0.1) is 6.92 Å². The summed E-state index contributed by atoms with van der Waals surface area (Å²) in [4.78, 5) is 14.7. The Morgan fingerprint density at radius 1 is 1.23 bits per heavy atom. The first kappa shape index (κ1) is 18.4. The maximum atomic E-state index is 12.5. The van der Waals surface area contributed by atoms with Gasteiger partial charge in [-0.1, -0.05) is 42.5 Å². The molecule has 5 nitrogen and oxygen atoms in total. The zero-order chi connectivity index (χ0) is 18.4. The Hall–Kier alpha value is -2.37. The van der Waals surface area contributed by atoms with Gasteiger partial charge in [0.15, 0.2) is 0 Å². The molecule has 0 radical (unpaired) electrons. The Balaban J connectivity index is 1.65. The van der Waals surface area contributed by atoms with Crippen molar-refractivity contribution in [3.05, 3.63) is 65.2 Å². The third kappa shape index (κ3) is 4.42. The molecule has 0 aromatic heterocycles. The minimum absolute atomic E-state index is 0.0510. The zero-order valence-electron chi connectivity index (χ0n) is 15.5. The number of carbonyl (C=O) groups is 1. The van der Waals surface area contributed by atoms with Gasteiger partial charge in [-0.05, 0) is 24.1 Å². The molecule has 138 valence electrons. The Morgan fingerprint density at radius 2 is 2.00 bits per heavy atom. The molecule has 2 N–H and O–H groups in total. The van der Waals surface area contributed by atoms with E-state index in [9.17, 15) is 4.79 Å². The second-order valence-electron chi connectivity index (χ2n) is 6.64. The summed E-state index contributed by atoms with van der Waals surface area (Å²) in [6, 6.07) is 16.3.